The van der Waals surface area contributed by atoms with Gasteiger partial charge in [0.2, 0.25) is 0 Å². The summed E-state index contributed by atoms with van der Waals surface area (Å²) in [5.41, 5.74) is 8.08. The van der Waals surface area contributed by atoms with Gasteiger partial charge < -0.3 is 5.73 Å². The first-order valence-corrected chi connectivity index (χ1v) is 5.55. The molecule has 0 saturated heterocycles. The number of aromatic nitrogens is 2. The zero-order valence-corrected chi connectivity index (χ0v) is 8.69. The van der Waals surface area contributed by atoms with Crippen molar-refractivity contribution < 1.29 is 0 Å². The van der Waals surface area contributed by atoms with E-state index in [1.807, 2.05) is 12.3 Å². The molecule has 1 fully saturated rings. The van der Waals surface area contributed by atoms with Gasteiger partial charge >= 0.3 is 0 Å². The molecule has 0 bridgehead atoms. The summed E-state index contributed by atoms with van der Waals surface area (Å²) in [5.74, 6) is 1.86. The molecule has 0 aliphatic heterocycles. The summed E-state index contributed by atoms with van der Waals surface area (Å²) in [6, 6.07) is 6.22. The Labute approximate surface area is 88.9 Å². The maximum atomic E-state index is 5.75. The maximum absolute atomic E-state index is 5.75. The molecule has 78 valence electrons. The van der Waals surface area contributed by atoms with Crippen molar-refractivity contribution >= 4 is 5.52 Å². The largest absolute Gasteiger partial charge is 0.325 e. The summed E-state index contributed by atoms with van der Waals surface area (Å²) >= 11 is 0. The quantitative estimate of drug-likeness (QED) is 0.808. The number of hydrogen-bond donors (Lipinski definition) is 1. The molecule has 1 aliphatic carbocycles. The molecule has 2 N–H and O–H groups in total. The van der Waals surface area contributed by atoms with Gasteiger partial charge in [-0.1, -0.05) is 12.5 Å². The highest BCUT2D eigenvalue weighted by Crippen LogP contribution is 2.36. The molecular weight excluding hydrogens is 186 g/mol. The van der Waals surface area contributed by atoms with E-state index in [0.717, 1.165) is 5.69 Å². The lowest BCUT2D eigenvalue weighted by Gasteiger charge is -2.24. The van der Waals surface area contributed by atoms with Crippen LogP contribution in [-0.2, 0) is 6.54 Å². The van der Waals surface area contributed by atoms with Gasteiger partial charge in [0.25, 0.3) is 0 Å². The number of pyridine rings is 1. The van der Waals surface area contributed by atoms with Crippen LogP contribution in [0.25, 0.3) is 5.52 Å². The lowest BCUT2D eigenvalue weighted by molar-refractivity contribution is 0.399. The van der Waals surface area contributed by atoms with Crippen LogP contribution in [0, 0.1) is 0 Å². The average Bonchev–Trinajstić information content (AvgIpc) is 2.59. The van der Waals surface area contributed by atoms with Crippen LogP contribution in [0.2, 0.25) is 0 Å². The van der Waals surface area contributed by atoms with Crippen molar-refractivity contribution in [3.63, 3.8) is 0 Å². The van der Waals surface area contributed by atoms with Gasteiger partial charge in [-0.25, -0.2) is 4.98 Å². The zero-order chi connectivity index (χ0) is 10.3. The van der Waals surface area contributed by atoms with Gasteiger partial charge in [-0.3, -0.25) is 4.40 Å². The fourth-order valence-corrected chi connectivity index (χ4v) is 2.26. The van der Waals surface area contributed by atoms with E-state index in [4.69, 9.17) is 5.73 Å². The minimum absolute atomic E-state index is 0.577. The third kappa shape index (κ3) is 1.27. The average molecular weight is 201 g/mol. The number of fused-ring (bicyclic) bond motifs is 1. The van der Waals surface area contributed by atoms with Gasteiger partial charge in [0.15, 0.2) is 0 Å². The van der Waals surface area contributed by atoms with Crippen LogP contribution in [-0.4, -0.2) is 9.38 Å². The highest BCUT2D eigenvalue weighted by Gasteiger charge is 2.24. The van der Waals surface area contributed by atoms with Gasteiger partial charge in [0, 0.05) is 18.2 Å². The molecule has 2 aromatic heterocycles. The Balaban J connectivity index is 2.20. The highest BCUT2D eigenvalue weighted by atomic mass is 15.0. The number of imidazole rings is 1. The summed E-state index contributed by atoms with van der Waals surface area (Å²) in [5, 5.41) is 0. The Morgan fingerprint density at radius 3 is 2.93 bits per heavy atom. The van der Waals surface area contributed by atoms with E-state index in [1.54, 1.807) is 0 Å². The van der Waals surface area contributed by atoms with E-state index >= 15 is 0 Å². The standard InChI is InChI=1S/C12H15N3/c13-7-10-5-2-6-11-8-14-12(15(10)11)9-3-1-4-9/h2,5-6,8-9H,1,3-4,7,13H2. The van der Waals surface area contributed by atoms with Crippen LogP contribution < -0.4 is 5.73 Å². The fourth-order valence-electron chi connectivity index (χ4n) is 2.26. The molecule has 2 heterocycles. The molecule has 0 radical (unpaired) electrons. The summed E-state index contributed by atoms with van der Waals surface area (Å²) in [6.45, 7) is 0.577. The second-order valence-corrected chi connectivity index (χ2v) is 4.23. The third-order valence-corrected chi connectivity index (χ3v) is 3.34. The number of nitrogens with zero attached hydrogens (tertiary/aromatic N) is 2. The van der Waals surface area contributed by atoms with E-state index in [2.05, 4.69) is 21.5 Å². The van der Waals surface area contributed by atoms with Crippen molar-refractivity contribution in [3.8, 4) is 0 Å². The normalized spacial score (nSPS) is 16.9. The number of hydrogen-bond acceptors (Lipinski definition) is 2. The van der Waals surface area contributed by atoms with Crippen LogP contribution in [0.4, 0.5) is 0 Å². The fraction of sp³-hybridized carbons (Fsp3) is 0.417. The van der Waals surface area contributed by atoms with Gasteiger partial charge in [-0.15, -0.1) is 0 Å². The van der Waals surface area contributed by atoms with Crippen LogP contribution in [0.5, 0.6) is 0 Å². The maximum Gasteiger partial charge on any atom is 0.116 e. The molecule has 15 heavy (non-hydrogen) atoms. The van der Waals surface area contributed by atoms with E-state index in [9.17, 15) is 0 Å². The molecule has 1 aliphatic rings. The number of rotatable bonds is 2. The Morgan fingerprint density at radius 2 is 2.27 bits per heavy atom. The molecular formula is C12H15N3. The predicted molar refractivity (Wildman–Crippen MR) is 59.7 cm³/mol. The molecule has 2 aromatic rings. The topological polar surface area (TPSA) is 43.3 Å². The second-order valence-electron chi connectivity index (χ2n) is 4.23. The Bertz CT molecular complexity index is 483. The minimum atomic E-state index is 0.577. The Kier molecular flexibility index (Phi) is 1.99. The van der Waals surface area contributed by atoms with Gasteiger partial charge in [-0.05, 0) is 25.0 Å². The van der Waals surface area contributed by atoms with E-state index in [-0.39, 0.29) is 0 Å². The minimum Gasteiger partial charge on any atom is -0.325 e. The van der Waals surface area contributed by atoms with Crippen LogP contribution in [0.1, 0.15) is 36.7 Å². The smallest absolute Gasteiger partial charge is 0.116 e. The summed E-state index contributed by atoms with van der Waals surface area (Å²) in [7, 11) is 0. The molecule has 0 unspecified atom stereocenters. The lowest BCUT2D eigenvalue weighted by atomic mass is 9.85. The van der Waals surface area contributed by atoms with Crippen molar-refractivity contribution in [2.24, 2.45) is 5.73 Å². The molecule has 3 nitrogen and oxygen atoms in total. The third-order valence-electron chi connectivity index (χ3n) is 3.34. The molecule has 3 heteroatoms. The van der Waals surface area contributed by atoms with Gasteiger partial charge in [0.05, 0.1) is 11.7 Å². The summed E-state index contributed by atoms with van der Waals surface area (Å²) in [6.07, 6.45) is 5.84. The summed E-state index contributed by atoms with van der Waals surface area (Å²) < 4.78 is 2.23. The van der Waals surface area contributed by atoms with Crippen LogP contribution >= 0.6 is 0 Å². The van der Waals surface area contributed by atoms with Crippen molar-refractivity contribution in [2.45, 2.75) is 31.7 Å². The van der Waals surface area contributed by atoms with Crippen LogP contribution in [0.3, 0.4) is 0 Å². The lowest BCUT2D eigenvalue weighted by Crippen LogP contribution is -2.15. The second kappa shape index (κ2) is 3.35. The van der Waals surface area contributed by atoms with Crippen molar-refractivity contribution in [1.82, 2.24) is 9.38 Å². The molecule has 0 amide bonds. The highest BCUT2D eigenvalue weighted by molar-refractivity contribution is 5.48. The van der Waals surface area contributed by atoms with E-state index in [1.165, 1.54) is 30.6 Å². The summed E-state index contributed by atoms with van der Waals surface area (Å²) in [4.78, 5) is 4.53. The monoisotopic (exact) mass is 201 g/mol. The first-order chi connectivity index (χ1) is 7.40. The SMILES string of the molecule is NCc1cccc2cnc(C3CCC3)n12. The zero-order valence-electron chi connectivity index (χ0n) is 8.69. The first-order valence-electron chi connectivity index (χ1n) is 5.55. The molecule has 3 rings (SSSR count). The van der Waals surface area contributed by atoms with Crippen molar-refractivity contribution in [1.29, 1.82) is 0 Å². The number of nitrogens with two attached hydrogens (primary N) is 1. The first kappa shape index (κ1) is 8.92. The molecule has 0 spiro atoms. The molecule has 0 aromatic carbocycles. The van der Waals surface area contributed by atoms with Crippen molar-refractivity contribution in [3.05, 3.63) is 35.9 Å². The Hall–Kier alpha value is -1.35. The Morgan fingerprint density at radius 1 is 1.40 bits per heavy atom. The predicted octanol–water partition coefficient (Wildman–Crippen LogP) is 2.06. The van der Waals surface area contributed by atoms with E-state index < -0.39 is 0 Å². The van der Waals surface area contributed by atoms with Gasteiger partial charge in [-0.2, -0.15) is 0 Å². The van der Waals surface area contributed by atoms with Crippen LogP contribution in [0.15, 0.2) is 24.4 Å². The molecule has 0 atom stereocenters. The van der Waals surface area contributed by atoms with E-state index in [0.29, 0.717) is 12.5 Å². The van der Waals surface area contributed by atoms with Crippen molar-refractivity contribution in [2.75, 3.05) is 0 Å². The molecule has 1 saturated carbocycles. The van der Waals surface area contributed by atoms with Gasteiger partial charge in [0.1, 0.15) is 5.82 Å².